The topological polar surface area (TPSA) is 62.2 Å². The standard InChI is InChI=1S/C17H16N2O2S/c1-17(21,14-6-8-22-10-14)11-19-16(20)13-4-5-15-12(9-13)3-2-7-18-15/h2-10,21H,11H2,1H3,(H,19,20). The van der Waals surface area contributed by atoms with Crippen LogP contribution in [0.15, 0.2) is 53.4 Å². The number of amides is 1. The summed E-state index contributed by atoms with van der Waals surface area (Å²) >= 11 is 1.52. The molecular formula is C17H16N2O2S. The van der Waals surface area contributed by atoms with Crippen molar-refractivity contribution in [2.75, 3.05) is 6.54 Å². The Bertz CT molecular complexity index is 797. The highest BCUT2D eigenvalue weighted by Gasteiger charge is 2.24. The smallest absolute Gasteiger partial charge is 0.251 e. The number of hydrogen-bond donors (Lipinski definition) is 2. The molecule has 5 heteroatoms. The van der Waals surface area contributed by atoms with Crippen molar-refractivity contribution in [3.63, 3.8) is 0 Å². The Kier molecular flexibility index (Phi) is 3.92. The van der Waals surface area contributed by atoms with Gasteiger partial charge in [0, 0.05) is 17.1 Å². The van der Waals surface area contributed by atoms with Crippen LogP contribution in [0.3, 0.4) is 0 Å². The number of carbonyl (C=O) groups excluding carboxylic acids is 1. The lowest BCUT2D eigenvalue weighted by atomic mass is 9.99. The van der Waals surface area contributed by atoms with E-state index in [0.717, 1.165) is 16.5 Å². The summed E-state index contributed by atoms with van der Waals surface area (Å²) in [6.45, 7) is 1.85. The summed E-state index contributed by atoms with van der Waals surface area (Å²) in [6, 6.07) is 11.0. The third-order valence-corrected chi connectivity index (χ3v) is 4.28. The number of carbonyl (C=O) groups is 1. The summed E-state index contributed by atoms with van der Waals surface area (Å²) in [5.41, 5.74) is 1.14. The van der Waals surface area contributed by atoms with E-state index in [1.807, 2.05) is 35.0 Å². The minimum Gasteiger partial charge on any atom is -0.384 e. The van der Waals surface area contributed by atoms with Gasteiger partial charge in [0.05, 0.1) is 12.1 Å². The minimum atomic E-state index is -1.08. The van der Waals surface area contributed by atoms with Crippen LogP contribution in [0.4, 0.5) is 0 Å². The van der Waals surface area contributed by atoms with E-state index in [0.29, 0.717) is 5.56 Å². The quantitative estimate of drug-likeness (QED) is 0.778. The number of hydrogen-bond acceptors (Lipinski definition) is 4. The van der Waals surface area contributed by atoms with Crippen molar-refractivity contribution in [2.24, 2.45) is 0 Å². The van der Waals surface area contributed by atoms with Gasteiger partial charge in [-0.15, -0.1) is 0 Å². The van der Waals surface area contributed by atoms with Gasteiger partial charge in [-0.3, -0.25) is 9.78 Å². The summed E-state index contributed by atoms with van der Waals surface area (Å²) < 4.78 is 0. The number of fused-ring (bicyclic) bond motifs is 1. The first-order valence-electron chi connectivity index (χ1n) is 6.94. The van der Waals surface area contributed by atoms with Crippen LogP contribution >= 0.6 is 11.3 Å². The van der Waals surface area contributed by atoms with Gasteiger partial charge in [0.2, 0.25) is 0 Å². The van der Waals surface area contributed by atoms with Crippen molar-refractivity contribution >= 4 is 28.1 Å². The van der Waals surface area contributed by atoms with Gasteiger partial charge in [0.25, 0.3) is 5.91 Å². The summed E-state index contributed by atoms with van der Waals surface area (Å²) in [4.78, 5) is 16.5. The van der Waals surface area contributed by atoms with Crippen LogP contribution in [-0.2, 0) is 5.60 Å². The highest BCUT2D eigenvalue weighted by molar-refractivity contribution is 7.08. The van der Waals surface area contributed by atoms with E-state index >= 15 is 0 Å². The SMILES string of the molecule is CC(O)(CNC(=O)c1ccc2ncccc2c1)c1ccsc1. The van der Waals surface area contributed by atoms with E-state index in [4.69, 9.17) is 0 Å². The molecule has 0 aliphatic carbocycles. The molecule has 1 aromatic carbocycles. The zero-order chi connectivity index (χ0) is 15.6. The largest absolute Gasteiger partial charge is 0.384 e. The Balaban J connectivity index is 1.73. The Hall–Kier alpha value is -2.24. The second kappa shape index (κ2) is 5.87. The molecule has 112 valence electrons. The lowest BCUT2D eigenvalue weighted by Crippen LogP contribution is -2.38. The van der Waals surface area contributed by atoms with E-state index < -0.39 is 5.60 Å². The number of thiophene rings is 1. The normalized spacial score (nSPS) is 13.7. The van der Waals surface area contributed by atoms with Crippen molar-refractivity contribution in [1.82, 2.24) is 10.3 Å². The maximum atomic E-state index is 12.3. The lowest BCUT2D eigenvalue weighted by Gasteiger charge is -2.22. The van der Waals surface area contributed by atoms with Crippen LogP contribution in [0.1, 0.15) is 22.8 Å². The molecule has 22 heavy (non-hydrogen) atoms. The van der Waals surface area contributed by atoms with Gasteiger partial charge in [-0.1, -0.05) is 6.07 Å². The zero-order valence-electron chi connectivity index (χ0n) is 12.1. The number of nitrogens with one attached hydrogen (secondary N) is 1. The predicted molar refractivity (Wildman–Crippen MR) is 88.0 cm³/mol. The molecule has 2 N–H and O–H groups in total. The number of aliphatic hydroxyl groups is 1. The maximum absolute atomic E-state index is 12.3. The van der Waals surface area contributed by atoms with Gasteiger partial charge >= 0.3 is 0 Å². The highest BCUT2D eigenvalue weighted by Crippen LogP contribution is 2.22. The number of rotatable bonds is 4. The molecule has 1 amide bonds. The van der Waals surface area contributed by atoms with Crippen LogP contribution < -0.4 is 5.32 Å². The summed E-state index contributed by atoms with van der Waals surface area (Å²) in [7, 11) is 0. The van der Waals surface area contributed by atoms with Crippen molar-refractivity contribution in [3.05, 3.63) is 64.5 Å². The van der Waals surface area contributed by atoms with Gasteiger partial charge < -0.3 is 10.4 Å². The Morgan fingerprint density at radius 2 is 2.23 bits per heavy atom. The molecule has 0 saturated carbocycles. The molecule has 0 fully saturated rings. The second-order valence-electron chi connectivity index (χ2n) is 5.38. The molecule has 1 unspecified atom stereocenters. The second-order valence-corrected chi connectivity index (χ2v) is 6.16. The number of benzene rings is 1. The van der Waals surface area contributed by atoms with Gasteiger partial charge in [0.15, 0.2) is 0 Å². The zero-order valence-corrected chi connectivity index (χ0v) is 12.9. The molecule has 4 nitrogen and oxygen atoms in total. The average molecular weight is 312 g/mol. The Labute approximate surface area is 132 Å². The minimum absolute atomic E-state index is 0.160. The van der Waals surface area contributed by atoms with Crippen LogP contribution in [0, 0.1) is 0 Å². The molecule has 0 bridgehead atoms. The fourth-order valence-corrected chi connectivity index (χ4v) is 3.03. The van der Waals surface area contributed by atoms with Crippen LogP contribution in [0.2, 0.25) is 0 Å². The third kappa shape index (κ3) is 3.00. The summed E-state index contributed by atoms with van der Waals surface area (Å²) in [6.07, 6.45) is 1.72. The molecule has 0 spiro atoms. The predicted octanol–water partition coefficient (Wildman–Crippen LogP) is 2.93. The molecule has 3 rings (SSSR count). The first kappa shape index (κ1) is 14.7. The molecule has 2 heterocycles. The molecular weight excluding hydrogens is 296 g/mol. The van der Waals surface area contributed by atoms with E-state index in [2.05, 4.69) is 10.3 Å². The van der Waals surface area contributed by atoms with E-state index in [1.165, 1.54) is 11.3 Å². The van der Waals surface area contributed by atoms with Crippen molar-refractivity contribution in [1.29, 1.82) is 0 Å². The number of aromatic nitrogens is 1. The number of pyridine rings is 1. The lowest BCUT2D eigenvalue weighted by molar-refractivity contribution is 0.0530. The molecule has 0 radical (unpaired) electrons. The fraction of sp³-hybridized carbons (Fsp3) is 0.176. The van der Waals surface area contributed by atoms with Gasteiger partial charge in [-0.05, 0) is 53.6 Å². The van der Waals surface area contributed by atoms with Crippen molar-refractivity contribution in [2.45, 2.75) is 12.5 Å². The fourth-order valence-electron chi connectivity index (χ4n) is 2.24. The summed E-state index contributed by atoms with van der Waals surface area (Å²) in [5, 5.41) is 17.9. The summed E-state index contributed by atoms with van der Waals surface area (Å²) in [5.74, 6) is -0.207. The van der Waals surface area contributed by atoms with E-state index in [9.17, 15) is 9.90 Å². The Morgan fingerprint density at radius 3 is 3.00 bits per heavy atom. The number of nitrogens with zero attached hydrogens (tertiary/aromatic N) is 1. The van der Waals surface area contributed by atoms with Gasteiger partial charge in [0.1, 0.15) is 5.60 Å². The van der Waals surface area contributed by atoms with Crippen LogP contribution in [0.25, 0.3) is 10.9 Å². The molecule has 0 aliphatic heterocycles. The third-order valence-electron chi connectivity index (χ3n) is 3.60. The van der Waals surface area contributed by atoms with Crippen LogP contribution in [-0.4, -0.2) is 22.5 Å². The Morgan fingerprint density at radius 1 is 1.36 bits per heavy atom. The molecule has 0 aliphatic rings. The van der Waals surface area contributed by atoms with Gasteiger partial charge in [-0.25, -0.2) is 0 Å². The average Bonchev–Trinajstić information content (AvgIpc) is 3.07. The van der Waals surface area contributed by atoms with Crippen molar-refractivity contribution in [3.8, 4) is 0 Å². The first-order valence-corrected chi connectivity index (χ1v) is 7.88. The van der Waals surface area contributed by atoms with Crippen LogP contribution in [0.5, 0.6) is 0 Å². The molecule has 3 aromatic rings. The highest BCUT2D eigenvalue weighted by atomic mass is 32.1. The first-order chi connectivity index (χ1) is 10.6. The maximum Gasteiger partial charge on any atom is 0.251 e. The van der Waals surface area contributed by atoms with Gasteiger partial charge in [-0.2, -0.15) is 11.3 Å². The molecule has 0 saturated heterocycles. The molecule has 1 atom stereocenters. The monoisotopic (exact) mass is 312 g/mol. The van der Waals surface area contributed by atoms with E-state index in [1.54, 1.807) is 25.3 Å². The molecule has 2 aromatic heterocycles. The van der Waals surface area contributed by atoms with Crippen molar-refractivity contribution < 1.29 is 9.90 Å². The van der Waals surface area contributed by atoms with E-state index in [-0.39, 0.29) is 12.5 Å².